The first-order chi connectivity index (χ1) is 15.1. The van der Waals surface area contributed by atoms with Crippen molar-refractivity contribution in [3.05, 3.63) is 58.6 Å². The van der Waals surface area contributed by atoms with Gasteiger partial charge in [-0.05, 0) is 97.3 Å². The van der Waals surface area contributed by atoms with Gasteiger partial charge in [-0.3, -0.25) is 4.90 Å². The number of ether oxygens (including phenoxy) is 1. The molecule has 1 amide bonds. The molecular formula is C26H29ClN2O2. The summed E-state index contributed by atoms with van der Waals surface area (Å²) in [5.74, 6) is 0.534. The van der Waals surface area contributed by atoms with Crippen LogP contribution < -0.4 is 5.32 Å². The monoisotopic (exact) mass is 436 g/mol. The summed E-state index contributed by atoms with van der Waals surface area (Å²) in [5, 5.41) is 4.06. The summed E-state index contributed by atoms with van der Waals surface area (Å²) in [4.78, 5) is 15.4. The van der Waals surface area contributed by atoms with E-state index in [4.69, 9.17) is 16.3 Å². The van der Waals surface area contributed by atoms with Crippen LogP contribution in [0.1, 0.15) is 49.3 Å². The minimum atomic E-state index is -0.232. The number of rotatable bonds is 3. The second kappa shape index (κ2) is 7.53. The van der Waals surface area contributed by atoms with Crippen LogP contribution in [0.15, 0.2) is 42.5 Å². The number of aryl methyl sites for hydroxylation is 1. The maximum atomic E-state index is 12.9. The van der Waals surface area contributed by atoms with Gasteiger partial charge in [0.2, 0.25) is 0 Å². The molecule has 1 unspecified atom stereocenters. The molecule has 2 atom stereocenters. The predicted octanol–water partition coefficient (Wildman–Crippen LogP) is 5.59. The lowest BCUT2D eigenvalue weighted by Gasteiger charge is -2.44. The number of amides is 1. The third kappa shape index (κ3) is 3.64. The van der Waals surface area contributed by atoms with Crippen LogP contribution in [0.2, 0.25) is 5.02 Å². The van der Waals surface area contributed by atoms with Crippen molar-refractivity contribution in [1.82, 2.24) is 10.2 Å². The lowest BCUT2D eigenvalue weighted by atomic mass is 9.76. The van der Waals surface area contributed by atoms with Gasteiger partial charge < -0.3 is 10.1 Å². The van der Waals surface area contributed by atoms with Crippen molar-refractivity contribution >= 4 is 17.7 Å². The van der Waals surface area contributed by atoms with E-state index in [0.29, 0.717) is 5.92 Å². The second-order valence-corrected chi connectivity index (χ2v) is 10.4. The molecule has 162 valence electrons. The van der Waals surface area contributed by atoms with E-state index in [1.807, 2.05) is 12.1 Å². The van der Waals surface area contributed by atoms with Crippen molar-refractivity contribution in [3.8, 4) is 11.1 Å². The summed E-state index contributed by atoms with van der Waals surface area (Å²) in [6.07, 6.45) is 6.71. The molecule has 1 N–H and O–H groups in total. The third-order valence-corrected chi connectivity index (χ3v) is 8.40. The SMILES string of the molecule is O=C(NC1c2ccc(-c3ccc(Cl)cc3)cc2CCC12CC2)O[C@@H]1CN2CCC1CC2. The van der Waals surface area contributed by atoms with Gasteiger partial charge in [0.15, 0.2) is 0 Å². The van der Waals surface area contributed by atoms with Crippen molar-refractivity contribution in [2.24, 2.45) is 11.3 Å². The van der Waals surface area contributed by atoms with Crippen LogP contribution in [-0.4, -0.2) is 36.7 Å². The predicted molar refractivity (Wildman–Crippen MR) is 122 cm³/mol. The molecule has 4 nitrogen and oxygen atoms in total. The molecular weight excluding hydrogens is 408 g/mol. The van der Waals surface area contributed by atoms with Crippen molar-refractivity contribution in [2.45, 2.75) is 50.7 Å². The molecule has 0 aromatic heterocycles. The standard InChI is InChI=1S/C26H29ClN2O2/c27-21-4-1-17(2-5-21)19-3-6-22-20(15-19)7-10-26(11-12-26)24(22)28-25(30)31-23-16-29-13-8-18(23)9-14-29/h1-6,15,18,23-24H,7-14,16H2,(H,28,30)/t23-,24?/m1/s1. The highest BCUT2D eigenvalue weighted by Gasteiger charge is 2.53. The van der Waals surface area contributed by atoms with E-state index in [0.717, 1.165) is 50.3 Å². The summed E-state index contributed by atoms with van der Waals surface area (Å²) < 4.78 is 5.96. The molecule has 31 heavy (non-hydrogen) atoms. The van der Waals surface area contributed by atoms with E-state index >= 15 is 0 Å². The number of nitrogens with one attached hydrogen (secondary N) is 1. The zero-order chi connectivity index (χ0) is 21.0. The van der Waals surface area contributed by atoms with E-state index in [1.54, 1.807) is 0 Å². The highest BCUT2D eigenvalue weighted by atomic mass is 35.5. The number of piperidine rings is 3. The zero-order valence-corrected chi connectivity index (χ0v) is 18.5. The maximum Gasteiger partial charge on any atom is 0.407 e. The van der Waals surface area contributed by atoms with Crippen LogP contribution in [0.4, 0.5) is 4.79 Å². The van der Waals surface area contributed by atoms with E-state index in [1.165, 1.54) is 35.1 Å². The van der Waals surface area contributed by atoms with Crippen LogP contribution in [0.25, 0.3) is 11.1 Å². The number of benzene rings is 2. The Morgan fingerprint density at radius 2 is 1.77 bits per heavy atom. The first kappa shape index (κ1) is 19.6. The van der Waals surface area contributed by atoms with Gasteiger partial charge in [0.25, 0.3) is 0 Å². The molecule has 5 heteroatoms. The van der Waals surface area contributed by atoms with Crippen LogP contribution in [-0.2, 0) is 11.2 Å². The second-order valence-electron chi connectivity index (χ2n) is 9.94. The first-order valence-electron chi connectivity index (χ1n) is 11.7. The smallest absolute Gasteiger partial charge is 0.407 e. The van der Waals surface area contributed by atoms with Gasteiger partial charge in [0.05, 0.1) is 6.04 Å². The maximum absolute atomic E-state index is 12.9. The summed E-state index contributed by atoms with van der Waals surface area (Å²) in [7, 11) is 0. The van der Waals surface area contributed by atoms with Crippen LogP contribution >= 0.6 is 11.6 Å². The van der Waals surface area contributed by atoms with E-state index in [-0.39, 0.29) is 23.7 Å². The normalized spacial score (nSPS) is 30.0. The van der Waals surface area contributed by atoms with Gasteiger partial charge in [-0.1, -0.05) is 41.9 Å². The largest absolute Gasteiger partial charge is 0.445 e. The molecule has 2 aliphatic carbocycles. The summed E-state index contributed by atoms with van der Waals surface area (Å²) in [5.41, 5.74) is 5.22. The lowest BCUT2D eigenvalue weighted by molar-refractivity contribution is -0.0347. The quantitative estimate of drug-likeness (QED) is 0.681. The fraction of sp³-hybridized carbons (Fsp3) is 0.500. The average molecular weight is 437 g/mol. The molecule has 1 spiro atoms. The molecule has 2 aromatic carbocycles. The summed E-state index contributed by atoms with van der Waals surface area (Å²) in [6.45, 7) is 3.21. The molecule has 2 aromatic rings. The number of halogens is 1. The Hall–Kier alpha value is -2.04. The molecule has 4 fully saturated rings. The van der Waals surface area contributed by atoms with Crippen molar-refractivity contribution in [1.29, 1.82) is 0 Å². The number of hydrogen-bond donors (Lipinski definition) is 1. The van der Waals surface area contributed by atoms with E-state index in [2.05, 4.69) is 40.5 Å². The van der Waals surface area contributed by atoms with Crippen molar-refractivity contribution < 1.29 is 9.53 Å². The molecule has 2 bridgehead atoms. The molecule has 7 rings (SSSR count). The Kier molecular flexibility index (Phi) is 4.77. The fourth-order valence-corrected chi connectivity index (χ4v) is 6.17. The molecule has 1 saturated carbocycles. The van der Waals surface area contributed by atoms with Crippen LogP contribution in [0.5, 0.6) is 0 Å². The summed E-state index contributed by atoms with van der Waals surface area (Å²) >= 11 is 6.06. The van der Waals surface area contributed by atoms with Crippen molar-refractivity contribution in [2.75, 3.05) is 19.6 Å². The Bertz CT molecular complexity index is 993. The topological polar surface area (TPSA) is 41.6 Å². The summed E-state index contributed by atoms with van der Waals surface area (Å²) in [6, 6.07) is 14.8. The highest BCUT2D eigenvalue weighted by molar-refractivity contribution is 6.30. The average Bonchev–Trinajstić information content (AvgIpc) is 3.57. The van der Waals surface area contributed by atoms with E-state index in [9.17, 15) is 4.79 Å². The van der Waals surface area contributed by atoms with Gasteiger partial charge in [-0.25, -0.2) is 4.79 Å². The molecule has 3 saturated heterocycles. The number of alkyl carbamates (subject to hydrolysis) is 1. The van der Waals surface area contributed by atoms with E-state index < -0.39 is 0 Å². The molecule has 0 radical (unpaired) electrons. The minimum Gasteiger partial charge on any atom is -0.445 e. The van der Waals surface area contributed by atoms with Gasteiger partial charge in [0, 0.05) is 11.6 Å². The van der Waals surface area contributed by atoms with Crippen molar-refractivity contribution in [3.63, 3.8) is 0 Å². The number of carbonyl (C=O) groups excluding carboxylic acids is 1. The Labute approximate surface area is 188 Å². The van der Waals surface area contributed by atoms with Gasteiger partial charge in [0.1, 0.15) is 6.10 Å². The molecule has 3 heterocycles. The lowest BCUT2D eigenvalue weighted by Crippen LogP contribution is -2.53. The van der Waals surface area contributed by atoms with Gasteiger partial charge in [-0.15, -0.1) is 0 Å². The number of carbonyl (C=O) groups is 1. The van der Waals surface area contributed by atoms with Gasteiger partial charge in [-0.2, -0.15) is 0 Å². The van der Waals surface area contributed by atoms with Gasteiger partial charge >= 0.3 is 6.09 Å². The number of nitrogens with zero attached hydrogens (tertiary/aromatic N) is 1. The first-order valence-corrected chi connectivity index (χ1v) is 12.1. The molecule has 5 aliphatic rings. The zero-order valence-electron chi connectivity index (χ0n) is 17.8. The number of hydrogen-bond acceptors (Lipinski definition) is 3. The minimum absolute atomic E-state index is 0.0491. The molecule has 3 aliphatic heterocycles. The van der Waals surface area contributed by atoms with Crippen LogP contribution in [0.3, 0.4) is 0 Å². The fourth-order valence-electron chi connectivity index (χ4n) is 6.05. The Balaban J connectivity index is 1.22. The Morgan fingerprint density at radius 1 is 1.03 bits per heavy atom. The Morgan fingerprint density at radius 3 is 2.45 bits per heavy atom. The highest BCUT2D eigenvalue weighted by Crippen LogP contribution is 2.61. The number of fused-ring (bicyclic) bond motifs is 4. The van der Waals surface area contributed by atoms with Crippen LogP contribution in [0, 0.1) is 11.3 Å². The third-order valence-electron chi connectivity index (χ3n) is 8.15.